The van der Waals surface area contributed by atoms with Crippen LogP contribution in [-0.4, -0.2) is 21.3 Å². The molecule has 3 aromatic rings. The lowest BCUT2D eigenvalue weighted by molar-refractivity contribution is 0.111. The normalized spacial score (nSPS) is 10.7. The minimum atomic E-state index is 0.325. The van der Waals surface area contributed by atoms with E-state index in [0.29, 0.717) is 12.0 Å². The largest absolute Gasteiger partial charge is 0.296 e. The van der Waals surface area contributed by atoms with Gasteiger partial charge < -0.3 is 0 Å². The summed E-state index contributed by atoms with van der Waals surface area (Å²) in [6.07, 6.45) is 2.29. The molecule has 1 heterocycles. The van der Waals surface area contributed by atoms with E-state index in [1.54, 1.807) is 10.9 Å². The smallest absolute Gasteiger partial charge is 0.171 e. The number of hydrogen-bond acceptors (Lipinski definition) is 3. The van der Waals surface area contributed by atoms with Crippen molar-refractivity contribution in [2.24, 2.45) is 0 Å². The molecule has 4 nitrogen and oxygen atoms in total. The van der Waals surface area contributed by atoms with Gasteiger partial charge in [0.2, 0.25) is 0 Å². The Bertz CT molecular complexity index is 736. The highest BCUT2D eigenvalue weighted by Gasteiger charge is 2.03. The number of nitrogens with zero attached hydrogens (tertiary/aromatic N) is 3. The predicted octanol–water partition coefficient (Wildman–Crippen LogP) is 3.00. The number of carbonyl (C=O) groups is 1. The molecule has 0 radical (unpaired) electrons. The van der Waals surface area contributed by atoms with Crippen LogP contribution < -0.4 is 0 Å². The highest BCUT2D eigenvalue weighted by Crippen LogP contribution is 2.22. The second-order valence-electron chi connectivity index (χ2n) is 3.88. The van der Waals surface area contributed by atoms with E-state index in [-0.39, 0.29) is 0 Å². The first-order valence-corrected chi connectivity index (χ1v) is 6.13. The Kier molecular flexibility index (Phi) is 2.68. The molecule has 0 aliphatic heterocycles. The van der Waals surface area contributed by atoms with Crippen molar-refractivity contribution in [2.45, 2.75) is 0 Å². The molecule has 0 N–H and O–H groups in total. The number of benzene rings is 2. The van der Waals surface area contributed by atoms with Crippen molar-refractivity contribution in [2.75, 3.05) is 0 Å². The van der Waals surface area contributed by atoms with Crippen molar-refractivity contribution in [3.63, 3.8) is 0 Å². The Morgan fingerprint density at radius 2 is 1.89 bits per heavy atom. The summed E-state index contributed by atoms with van der Waals surface area (Å²) in [5, 5.41) is 9.90. The Morgan fingerprint density at radius 3 is 2.67 bits per heavy atom. The molecule has 0 aliphatic rings. The van der Waals surface area contributed by atoms with E-state index < -0.39 is 0 Å². The fraction of sp³-hybridized carbons (Fsp3) is 0. The fourth-order valence-corrected chi connectivity index (χ4v) is 2.18. The minimum absolute atomic E-state index is 0.325. The van der Waals surface area contributed by atoms with Crippen LogP contribution in [0.3, 0.4) is 0 Å². The molecular weight excluding hydrogens is 294 g/mol. The Morgan fingerprint density at radius 1 is 1.11 bits per heavy atom. The summed E-state index contributed by atoms with van der Waals surface area (Å²) in [7, 11) is 0. The zero-order valence-corrected chi connectivity index (χ0v) is 10.8. The number of rotatable bonds is 2. The summed E-state index contributed by atoms with van der Waals surface area (Å²) in [5.74, 6) is 0. The van der Waals surface area contributed by atoms with Gasteiger partial charge in [-0.05, 0) is 35.0 Å². The molecule has 0 spiro atoms. The van der Waals surface area contributed by atoms with Crippen LogP contribution in [0.2, 0.25) is 0 Å². The third-order valence-corrected chi connectivity index (χ3v) is 3.18. The molecule has 0 saturated carbocycles. The molecule has 5 heteroatoms. The van der Waals surface area contributed by atoms with E-state index in [9.17, 15) is 4.79 Å². The first-order valence-electron chi connectivity index (χ1n) is 5.33. The fourth-order valence-electron chi connectivity index (χ4n) is 1.80. The molecule has 2 aromatic carbocycles. The molecule has 0 unspecified atom stereocenters. The van der Waals surface area contributed by atoms with Gasteiger partial charge in [-0.15, -0.1) is 5.10 Å². The van der Waals surface area contributed by atoms with E-state index in [2.05, 4.69) is 32.3 Å². The Hall–Kier alpha value is -2.01. The number of fused-ring (bicyclic) bond motifs is 1. The minimum Gasteiger partial charge on any atom is -0.296 e. The molecule has 0 fully saturated rings. The molecule has 88 valence electrons. The Labute approximate surface area is 111 Å². The number of carbonyl (C=O) groups excluding carboxylic acids is 1. The maximum Gasteiger partial charge on any atom is 0.171 e. The third-order valence-electron chi connectivity index (χ3n) is 2.68. The van der Waals surface area contributed by atoms with Crippen LogP contribution >= 0.6 is 15.9 Å². The SMILES string of the molecule is O=Cc1cn(-c2ccc3cc(Br)ccc3c2)nn1. The zero-order valence-electron chi connectivity index (χ0n) is 9.25. The molecule has 0 amide bonds. The van der Waals surface area contributed by atoms with Gasteiger partial charge in [0.15, 0.2) is 6.29 Å². The van der Waals surface area contributed by atoms with Gasteiger partial charge in [-0.3, -0.25) is 4.79 Å². The molecule has 0 aliphatic carbocycles. The highest BCUT2D eigenvalue weighted by molar-refractivity contribution is 9.10. The molecule has 1 aromatic heterocycles. The van der Waals surface area contributed by atoms with Gasteiger partial charge in [0, 0.05) is 4.47 Å². The van der Waals surface area contributed by atoms with E-state index in [1.807, 2.05) is 30.3 Å². The van der Waals surface area contributed by atoms with Crippen molar-refractivity contribution < 1.29 is 4.79 Å². The summed E-state index contributed by atoms with van der Waals surface area (Å²) < 4.78 is 2.64. The van der Waals surface area contributed by atoms with Gasteiger partial charge in [0.25, 0.3) is 0 Å². The maximum atomic E-state index is 10.6. The van der Waals surface area contributed by atoms with Crippen LogP contribution in [0, 0.1) is 0 Å². The molecule has 18 heavy (non-hydrogen) atoms. The number of aldehydes is 1. The van der Waals surface area contributed by atoms with Crippen molar-refractivity contribution in [1.82, 2.24) is 15.0 Å². The quantitative estimate of drug-likeness (QED) is 0.684. The first-order chi connectivity index (χ1) is 8.76. The van der Waals surface area contributed by atoms with Crippen molar-refractivity contribution >= 4 is 33.0 Å². The molecule has 0 bridgehead atoms. The summed E-state index contributed by atoms with van der Waals surface area (Å²) in [5.41, 5.74) is 1.20. The molecular formula is C13H8BrN3O. The van der Waals surface area contributed by atoms with Gasteiger partial charge in [-0.1, -0.05) is 33.3 Å². The summed E-state index contributed by atoms with van der Waals surface area (Å²) in [4.78, 5) is 10.6. The van der Waals surface area contributed by atoms with Crippen molar-refractivity contribution in [3.05, 3.63) is 52.8 Å². The van der Waals surface area contributed by atoms with Crippen LogP contribution in [0.15, 0.2) is 47.1 Å². The van der Waals surface area contributed by atoms with Gasteiger partial charge in [-0.2, -0.15) is 0 Å². The van der Waals surface area contributed by atoms with E-state index >= 15 is 0 Å². The second-order valence-corrected chi connectivity index (χ2v) is 4.80. The van der Waals surface area contributed by atoms with E-state index in [0.717, 1.165) is 20.9 Å². The highest BCUT2D eigenvalue weighted by atomic mass is 79.9. The monoisotopic (exact) mass is 301 g/mol. The average Bonchev–Trinajstić information content (AvgIpc) is 2.87. The summed E-state index contributed by atoms with van der Waals surface area (Å²) in [6, 6.07) is 12.0. The second kappa shape index (κ2) is 4.34. The zero-order chi connectivity index (χ0) is 12.5. The van der Waals surface area contributed by atoms with E-state index in [4.69, 9.17) is 0 Å². The topological polar surface area (TPSA) is 47.8 Å². The lowest BCUT2D eigenvalue weighted by Gasteiger charge is -2.03. The number of aromatic nitrogens is 3. The van der Waals surface area contributed by atoms with Crippen molar-refractivity contribution in [3.8, 4) is 5.69 Å². The third kappa shape index (κ3) is 1.93. The van der Waals surface area contributed by atoms with Crippen LogP contribution in [0.1, 0.15) is 10.5 Å². The summed E-state index contributed by atoms with van der Waals surface area (Å²) in [6.45, 7) is 0. The van der Waals surface area contributed by atoms with Gasteiger partial charge >= 0.3 is 0 Å². The van der Waals surface area contributed by atoms with E-state index in [1.165, 1.54) is 0 Å². The Balaban J connectivity index is 2.12. The average molecular weight is 302 g/mol. The number of halogens is 1. The number of hydrogen-bond donors (Lipinski definition) is 0. The first kappa shape index (κ1) is 11.1. The maximum absolute atomic E-state index is 10.6. The van der Waals surface area contributed by atoms with Gasteiger partial charge in [0.05, 0.1) is 11.9 Å². The van der Waals surface area contributed by atoms with Crippen LogP contribution in [-0.2, 0) is 0 Å². The van der Waals surface area contributed by atoms with Gasteiger partial charge in [0.1, 0.15) is 5.69 Å². The van der Waals surface area contributed by atoms with Crippen LogP contribution in [0.5, 0.6) is 0 Å². The molecule has 0 atom stereocenters. The molecule has 0 saturated heterocycles. The lowest BCUT2D eigenvalue weighted by atomic mass is 10.1. The van der Waals surface area contributed by atoms with Crippen LogP contribution in [0.25, 0.3) is 16.5 Å². The van der Waals surface area contributed by atoms with Crippen LogP contribution in [0.4, 0.5) is 0 Å². The summed E-state index contributed by atoms with van der Waals surface area (Å²) >= 11 is 3.44. The van der Waals surface area contributed by atoms with Gasteiger partial charge in [-0.25, -0.2) is 4.68 Å². The van der Waals surface area contributed by atoms with Crippen molar-refractivity contribution in [1.29, 1.82) is 0 Å². The molecule has 3 rings (SSSR count). The standard InChI is InChI=1S/C13H8BrN3O/c14-11-3-1-10-6-13(4-2-9(10)5-11)17-7-12(8-18)15-16-17/h1-8H. The lowest BCUT2D eigenvalue weighted by Crippen LogP contribution is -1.94. The predicted molar refractivity (Wildman–Crippen MR) is 72.0 cm³/mol.